The number of nitrogens with two attached hydrogens (primary N) is 1. The number of benzene rings is 2. The van der Waals surface area contributed by atoms with Gasteiger partial charge in [0.1, 0.15) is 11.6 Å². The molecule has 4 heteroatoms. The molecular weight excluding hydrogens is 333 g/mol. The second-order valence-electron chi connectivity index (χ2n) is 5.49. The van der Waals surface area contributed by atoms with Gasteiger partial charge in [-0.15, -0.1) is 0 Å². The van der Waals surface area contributed by atoms with Crippen LogP contribution in [0.1, 0.15) is 11.1 Å². The van der Waals surface area contributed by atoms with E-state index in [0.29, 0.717) is 13.0 Å². The zero-order chi connectivity index (χ0) is 14.8. The summed E-state index contributed by atoms with van der Waals surface area (Å²) in [4.78, 5) is 0. The molecule has 2 nitrogen and oxygen atoms in total. The van der Waals surface area contributed by atoms with Gasteiger partial charge in [-0.3, -0.25) is 0 Å². The lowest BCUT2D eigenvalue weighted by molar-refractivity contribution is 0.198. The van der Waals surface area contributed by atoms with Crippen molar-refractivity contribution < 1.29 is 9.13 Å². The molecule has 0 radical (unpaired) electrons. The van der Waals surface area contributed by atoms with Crippen LogP contribution in [-0.4, -0.2) is 12.6 Å². The summed E-state index contributed by atoms with van der Waals surface area (Å²) < 4.78 is 20.0. The van der Waals surface area contributed by atoms with Crippen molar-refractivity contribution in [2.75, 3.05) is 6.61 Å². The number of rotatable bonds is 3. The molecule has 1 heterocycles. The van der Waals surface area contributed by atoms with E-state index in [2.05, 4.69) is 22.0 Å². The lowest BCUT2D eigenvalue weighted by Crippen LogP contribution is -2.39. The van der Waals surface area contributed by atoms with Gasteiger partial charge in [-0.05, 0) is 48.2 Å². The summed E-state index contributed by atoms with van der Waals surface area (Å²) in [5, 5.41) is 0. The summed E-state index contributed by atoms with van der Waals surface area (Å²) in [6.07, 6.45) is 1.54. The number of hydrogen-bond donors (Lipinski definition) is 1. The molecule has 1 aliphatic heterocycles. The zero-order valence-electron chi connectivity index (χ0n) is 11.6. The molecule has 0 aromatic heterocycles. The van der Waals surface area contributed by atoms with Gasteiger partial charge in [-0.2, -0.15) is 0 Å². The van der Waals surface area contributed by atoms with E-state index in [-0.39, 0.29) is 17.8 Å². The van der Waals surface area contributed by atoms with Crippen LogP contribution in [0.25, 0.3) is 0 Å². The molecule has 21 heavy (non-hydrogen) atoms. The molecule has 2 N–H and O–H groups in total. The fourth-order valence-corrected chi connectivity index (χ4v) is 3.16. The van der Waals surface area contributed by atoms with E-state index in [0.717, 1.165) is 22.2 Å². The molecule has 2 aromatic carbocycles. The molecule has 2 unspecified atom stereocenters. The van der Waals surface area contributed by atoms with Gasteiger partial charge in [0.05, 0.1) is 6.61 Å². The summed E-state index contributed by atoms with van der Waals surface area (Å²) in [5.74, 6) is 0.966. The van der Waals surface area contributed by atoms with Gasteiger partial charge in [0.2, 0.25) is 0 Å². The first kappa shape index (κ1) is 14.5. The summed E-state index contributed by atoms with van der Waals surface area (Å²) >= 11 is 3.46. The Labute approximate surface area is 132 Å². The fraction of sp³-hybridized carbons (Fsp3) is 0.294. The van der Waals surface area contributed by atoms with E-state index in [1.54, 1.807) is 12.1 Å². The van der Waals surface area contributed by atoms with Crippen LogP contribution in [-0.2, 0) is 12.8 Å². The average molecular weight is 350 g/mol. The predicted octanol–water partition coefficient (Wildman–Crippen LogP) is 3.71. The van der Waals surface area contributed by atoms with Crippen LogP contribution in [0.4, 0.5) is 4.39 Å². The number of ether oxygens (including phenoxy) is 1. The fourth-order valence-electron chi connectivity index (χ4n) is 2.75. The van der Waals surface area contributed by atoms with Gasteiger partial charge < -0.3 is 10.5 Å². The molecule has 3 rings (SSSR count). The molecule has 0 amide bonds. The molecule has 0 aliphatic carbocycles. The van der Waals surface area contributed by atoms with E-state index >= 15 is 0 Å². The Morgan fingerprint density at radius 1 is 1.29 bits per heavy atom. The first-order valence-electron chi connectivity index (χ1n) is 7.03. The highest BCUT2D eigenvalue weighted by Crippen LogP contribution is 2.29. The van der Waals surface area contributed by atoms with Crippen LogP contribution in [0, 0.1) is 11.7 Å². The first-order chi connectivity index (χ1) is 10.1. The number of para-hydroxylation sites is 1. The molecule has 0 fully saturated rings. The maximum atomic E-state index is 13.4. The number of halogens is 2. The largest absolute Gasteiger partial charge is 0.493 e. The Morgan fingerprint density at radius 3 is 2.95 bits per heavy atom. The maximum absolute atomic E-state index is 13.4. The Bertz CT molecular complexity index is 646. The van der Waals surface area contributed by atoms with Gasteiger partial charge in [0, 0.05) is 16.4 Å². The second-order valence-corrected chi connectivity index (χ2v) is 6.34. The highest BCUT2D eigenvalue weighted by molar-refractivity contribution is 9.10. The summed E-state index contributed by atoms with van der Waals surface area (Å²) in [6, 6.07) is 12.7. The van der Waals surface area contributed by atoms with E-state index in [1.165, 1.54) is 11.6 Å². The maximum Gasteiger partial charge on any atom is 0.123 e. The lowest BCUT2D eigenvalue weighted by Gasteiger charge is -2.29. The van der Waals surface area contributed by atoms with E-state index in [4.69, 9.17) is 10.5 Å². The Morgan fingerprint density at radius 2 is 2.10 bits per heavy atom. The first-order valence-corrected chi connectivity index (χ1v) is 7.83. The zero-order valence-corrected chi connectivity index (χ0v) is 13.1. The third-order valence-corrected chi connectivity index (χ3v) is 4.75. The number of fused-ring (bicyclic) bond motifs is 1. The molecule has 2 aromatic rings. The highest BCUT2D eigenvalue weighted by Gasteiger charge is 2.25. The standard InChI is InChI=1S/C17H17BrFNO/c18-15-6-5-14(19)8-12(15)9-16(20)13-7-11-3-1-2-4-17(11)21-10-13/h1-6,8,13,16H,7,9-10,20H2. The summed E-state index contributed by atoms with van der Waals surface area (Å²) in [6.45, 7) is 0.616. The summed E-state index contributed by atoms with van der Waals surface area (Å²) in [5.41, 5.74) is 8.43. The minimum Gasteiger partial charge on any atom is -0.493 e. The average Bonchev–Trinajstić information content (AvgIpc) is 2.50. The Hall–Kier alpha value is -1.39. The van der Waals surface area contributed by atoms with Crippen LogP contribution in [0.15, 0.2) is 46.9 Å². The van der Waals surface area contributed by atoms with Gasteiger partial charge in [0.25, 0.3) is 0 Å². The molecule has 1 aliphatic rings. The van der Waals surface area contributed by atoms with Crippen LogP contribution in [0.5, 0.6) is 5.75 Å². The predicted molar refractivity (Wildman–Crippen MR) is 84.9 cm³/mol. The quantitative estimate of drug-likeness (QED) is 0.916. The Kier molecular flexibility index (Phi) is 4.27. The van der Waals surface area contributed by atoms with Crippen molar-refractivity contribution in [1.29, 1.82) is 0 Å². The van der Waals surface area contributed by atoms with Crippen molar-refractivity contribution in [2.24, 2.45) is 11.7 Å². The SMILES string of the molecule is NC(Cc1cc(F)ccc1Br)C1COc2ccccc2C1. The van der Waals surface area contributed by atoms with Crippen molar-refractivity contribution in [3.8, 4) is 5.75 Å². The van der Waals surface area contributed by atoms with Crippen LogP contribution in [0.2, 0.25) is 0 Å². The van der Waals surface area contributed by atoms with E-state index < -0.39 is 0 Å². The molecule has 0 saturated carbocycles. The second kappa shape index (κ2) is 6.16. The molecule has 0 bridgehead atoms. The van der Waals surface area contributed by atoms with Crippen molar-refractivity contribution in [1.82, 2.24) is 0 Å². The van der Waals surface area contributed by atoms with Gasteiger partial charge in [0.15, 0.2) is 0 Å². The minimum absolute atomic E-state index is 0.0588. The van der Waals surface area contributed by atoms with Crippen molar-refractivity contribution in [2.45, 2.75) is 18.9 Å². The number of hydrogen-bond acceptors (Lipinski definition) is 2. The van der Waals surface area contributed by atoms with Gasteiger partial charge in [-0.1, -0.05) is 34.1 Å². The monoisotopic (exact) mass is 349 g/mol. The van der Waals surface area contributed by atoms with Crippen LogP contribution < -0.4 is 10.5 Å². The highest BCUT2D eigenvalue weighted by atomic mass is 79.9. The smallest absolute Gasteiger partial charge is 0.123 e. The van der Waals surface area contributed by atoms with Gasteiger partial charge in [-0.25, -0.2) is 4.39 Å². The minimum atomic E-state index is -0.231. The van der Waals surface area contributed by atoms with E-state index in [1.807, 2.05) is 18.2 Å². The third kappa shape index (κ3) is 3.27. The third-order valence-electron chi connectivity index (χ3n) is 3.98. The van der Waals surface area contributed by atoms with E-state index in [9.17, 15) is 4.39 Å². The molecule has 110 valence electrons. The lowest BCUT2D eigenvalue weighted by atomic mass is 9.87. The molecule has 0 saturated heterocycles. The normalized spacial score (nSPS) is 18.7. The summed E-state index contributed by atoms with van der Waals surface area (Å²) in [7, 11) is 0. The topological polar surface area (TPSA) is 35.2 Å². The molecular formula is C17H17BrFNO. The van der Waals surface area contributed by atoms with Crippen LogP contribution in [0.3, 0.4) is 0 Å². The molecule has 2 atom stereocenters. The van der Waals surface area contributed by atoms with Crippen LogP contribution >= 0.6 is 15.9 Å². The van der Waals surface area contributed by atoms with Gasteiger partial charge >= 0.3 is 0 Å². The molecule has 0 spiro atoms. The van der Waals surface area contributed by atoms with Crippen molar-refractivity contribution in [3.05, 3.63) is 63.9 Å². The Balaban J connectivity index is 1.72. The van der Waals surface area contributed by atoms with Crippen molar-refractivity contribution in [3.63, 3.8) is 0 Å². The van der Waals surface area contributed by atoms with Crippen molar-refractivity contribution >= 4 is 15.9 Å².